The highest BCUT2D eigenvalue weighted by Crippen LogP contribution is 2.52. The second-order valence-corrected chi connectivity index (χ2v) is 7.21. The first kappa shape index (κ1) is 18.0. The Morgan fingerprint density at radius 3 is 2.15 bits per heavy atom. The van der Waals surface area contributed by atoms with Gasteiger partial charge >= 0.3 is 0 Å². The second-order valence-electron chi connectivity index (χ2n) is 7.21. The van der Waals surface area contributed by atoms with E-state index in [1.807, 2.05) is 0 Å². The second kappa shape index (κ2) is 6.97. The lowest BCUT2D eigenvalue weighted by Gasteiger charge is -2.36. The summed E-state index contributed by atoms with van der Waals surface area (Å²) in [4.78, 5) is 2.46. The van der Waals surface area contributed by atoms with Gasteiger partial charge in [-0.05, 0) is 66.8 Å². The van der Waals surface area contributed by atoms with Gasteiger partial charge in [-0.1, -0.05) is 0 Å². The summed E-state index contributed by atoms with van der Waals surface area (Å²) in [6.07, 6.45) is 3.05. The van der Waals surface area contributed by atoms with Crippen molar-refractivity contribution in [3.8, 4) is 34.1 Å². The fraction of sp³-hybridized carbons (Fsp3) is 0.455. The number of likely N-dealkylation sites (N-methyl/N-ethyl adjacent to an activating group) is 1. The molecule has 0 spiro atoms. The minimum Gasteiger partial charge on any atom is -0.493 e. The molecule has 0 saturated heterocycles. The molecule has 0 unspecified atom stereocenters. The van der Waals surface area contributed by atoms with Crippen molar-refractivity contribution in [2.75, 3.05) is 42.0 Å². The lowest BCUT2D eigenvalue weighted by atomic mass is 9.85. The molecule has 1 atom stereocenters. The minimum absolute atomic E-state index is 0.368. The molecule has 2 aliphatic rings. The molecular formula is C22H27NO4. The van der Waals surface area contributed by atoms with Crippen molar-refractivity contribution in [1.82, 2.24) is 4.90 Å². The third kappa shape index (κ3) is 2.72. The molecular weight excluding hydrogens is 342 g/mol. The average Bonchev–Trinajstić information content (AvgIpc) is 2.87. The molecule has 5 nitrogen and oxygen atoms in total. The minimum atomic E-state index is 0.368. The van der Waals surface area contributed by atoms with E-state index in [-0.39, 0.29) is 0 Å². The highest BCUT2D eigenvalue weighted by Gasteiger charge is 2.35. The zero-order chi connectivity index (χ0) is 19.1. The molecule has 0 radical (unpaired) electrons. The average molecular weight is 369 g/mol. The first-order chi connectivity index (χ1) is 13.1. The topological polar surface area (TPSA) is 40.2 Å². The summed E-state index contributed by atoms with van der Waals surface area (Å²) in [5, 5.41) is 0. The van der Waals surface area contributed by atoms with Crippen molar-refractivity contribution in [2.45, 2.75) is 25.3 Å². The first-order valence-corrected chi connectivity index (χ1v) is 9.36. The van der Waals surface area contributed by atoms with E-state index in [1.54, 1.807) is 28.4 Å². The van der Waals surface area contributed by atoms with Crippen LogP contribution >= 0.6 is 0 Å². The van der Waals surface area contributed by atoms with Gasteiger partial charge < -0.3 is 18.9 Å². The summed E-state index contributed by atoms with van der Waals surface area (Å²) < 4.78 is 22.7. The molecule has 0 amide bonds. The van der Waals surface area contributed by atoms with Gasteiger partial charge in [0.2, 0.25) is 0 Å². The fourth-order valence-electron chi connectivity index (χ4n) is 4.61. The number of aryl methyl sites for hydroxylation is 1. The molecule has 0 bridgehead atoms. The van der Waals surface area contributed by atoms with Gasteiger partial charge in [-0.3, -0.25) is 4.90 Å². The molecule has 144 valence electrons. The third-order valence-electron chi connectivity index (χ3n) is 5.96. The van der Waals surface area contributed by atoms with Crippen LogP contribution < -0.4 is 18.9 Å². The molecule has 0 aromatic heterocycles. The maximum atomic E-state index is 5.87. The van der Waals surface area contributed by atoms with E-state index in [2.05, 4.69) is 30.1 Å². The molecule has 4 rings (SSSR count). The van der Waals surface area contributed by atoms with Crippen molar-refractivity contribution >= 4 is 0 Å². The summed E-state index contributed by atoms with van der Waals surface area (Å²) in [5.41, 5.74) is 6.26. The van der Waals surface area contributed by atoms with Crippen molar-refractivity contribution < 1.29 is 18.9 Å². The molecule has 0 saturated carbocycles. The van der Waals surface area contributed by atoms with Gasteiger partial charge in [-0.2, -0.15) is 0 Å². The van der Waals surface area contributed by atoms with Gasteiger partial charge in [-0.25, -0.2) is 0 Å². The van der Waals surface area contributed by atoms with Crippen LogP contribution in [-0.4, -0.2) is 46.9 Å². The molecule has 2 aromatic rings. The number of hydrogen-bond donors (Lipinski definition) is 0. The van der Waals surface area contributed by atoms with Crippen molar-refractivity contribution in [1.29, 1.82) is 0 Å². The molecule has 1 heterocycles. The first-order valence-electron chi connectivity index (χ1n) is 9.36. The van der Waals surface area contributed by atoms with Gasteiger partial charge in [-0.15, -0.1) is 0 Å². The van der Waals surface area contributed by atoms with E-state index in [0.717, 1.165) is 59.9 Å². The van der Waals surface area contributed by atoms with E-state index >= 15 is 0 Å². The van der Waals surface area contributed by atoms with E-state index in [1.165, 1.54) is 16.7 Å². The van der Waals surface area contributed by atoms with Crippen LogP contribution in [-0.2, 0) is 12.8 Å². The molecule has 5 heteroatoms. The normalized spacial score (nSPS) is 18.2. The highest BCUT2D eigenvalue weighted by atomic mass is 16.5. The predicted molar refractivity (Wildman–Crippen MR) is 105 cm³/mol. The van der Waals surface area contributed by atoms with Gasteiger partial charge in [0.15, 0.2) is 23.0 Å². The van der Waals surface area contributed by atoms with E-state index in [4.69, 9.17) is 18.9 Å². The molecule has 0 fully saturated rings. The van der Waals surface area contributed by atoms with Crippen molar-refractivity contribution in [2.24, 2.45) is 0 Å². The van der Waals surface area contributed by atoms with Gasteiger partial charge in [0.25, 0.3) is 0 Å². The Balaban J connectivity index is 2.08. The predicted octanol–water partition coefficient (Wildman–Crippen LogP) is 3.86. The lowest BCUT2D eigenvalue weighted by Crippen LogP contribution is -2.32. The maximum Gasteiger partial charge on any atom is 0.168 e. The van der Waals surface area contributed by atoms with Crippen LogP contribution in [0.5, 0.6) is 23.0 Å². The summed E-state index contributed by atoms with van der Waals surface area (Å²) >= 11 is 0. The number of ether oxygens (including phenoxy) is 4. The lowest BCUT2D eigenvalue weighted by molar-refractivity contribution is 0.220. The fourth-order valence-corrected chi connectivity index (χ4v) is 4.61. The van der Waals surface area contributed by atoms with E-state index in [9.17, 15) is 0 Å². The number of nitrogens with zero attached hydrogens (tertiary/aromatic N) is 1. The van der Waals surface area contributed by atoms with Crippen LogP contribution in [0.3, 0.4) is 0 Å². The summed E-state index contributed by atoms with van der Waals surface area (Å²) in [5.74, 6) is 3.09. The molecule has 0 N–H and O–H groups in total. The maximum absolute atomic E-state index is 5.87. The van der Waals surface area contributed by atoms with Crippen LogP contribution in [0.15, 0.2) is 18.2 Å². The standard InChI is InChI=1S/C22H27NO4/c1-23-9-8-14-11-19(26-4)22(27-5)21-15-12-18(25-3)17(24-2)10-13(15)6-7-16(23)20(14)21/h10-12,16H,6-9H2,1-5H3/t16-/m0/s1. The van der Waals surface area contributed by atoms with Gasteiger partial charge in [0.1, 0.15) is 0 Å². The van der Waals surface area contributed by atoms with E-state index < -0.39 is 0 Å². The number of hydrogen-bond acceptors (Lipinski definition) is 5. The Morgan fingerprint density at radius 1 is 0.815 bits per heavy atom. The molecule has 1 aliphatic heterocycles. The number of rotatable bonds is 4. The van der Waals surface area contributed by atoms with Crippen molar-refractivity contribution in [3.63, 3.8) is 0 Å². The smallest absolute Gasteiger partial charge is 0.168 e. The van der Waals surface area contributed by atoms with Gasteiger partial charge in [0, 0.05) is 18.2 Å². The SMILES string of the molecule is COc1cc2c(cc1OC)-c1c(OC)c(OC)cc3c1[C@H](CC2)N(C)CC3. The van der Waals surface area contributed by atoms with Crippen LogP contribution in [0.2, 0.25) is 0 Å². The Bertz CT molecular complexity index is 877. The Kier molecular flexibility index (Phi) is 4.64. The van der Waals surface area contributed by atoms with Crippen LogP contribution in [0, 0.1) is 0 Å². The van der Waals surface area contributed by atoms with Crippen LogP contribution in [0.25, 0.3) is 11.1 Å². The molecule has 2 aromatic carbocycles. The summed E-state index contributed by atoms with van der Waals surface area (Å²) in [7, 11) is 8.99. The third-order valence-corrected chi connectivity index (χ3v) is 5.96. The zero-order valence-electron chi connectivity index (χ0n) is 16.7. The highest BCUT2D eigenvalue weighted by molar-refractivity contribution is 5.84. The molecule has 1 aliphatic carbocycles. The quantitative estimate of drug-likeness (QED) is 0.818. The van der Waals surface area contributed by atoms with Crippen LogP contribution in [0.1, 0.15) is 29.2 Å². The Morgan fingerprint density at radius 2 is 1.48 bits per heavy atom. The summed E-state index contributed by atoms with van der Waals surface area (Å²) in [6, 6.07) is 6.72. The number of fused-ring (bicyclic) bond motifs is 2. The zero-order valence-corrected chi connectivity index (χ0v) is 16.7. The number of methoxy groups -OCH3 is 4. The Labute approximate surface area is 160 Å². The summed E-state index contributed by atoms with van der Waals surface area (Å²) in [6.45, 7) is 1.05. The van der Waals surface area contributed by atoms with Crippen LogP contribution in [0.4, 0.5) is 0 Å². The monoisotopic (exact) mass is 369 g/mol. The molecule has 27 heavy (non-hydrogen) atoms. The van der Waals surface area contributed by atoms with Crippen molar-refractivity contribution in [3.05, 3.63) is 34.9 Å². The van der Waals surface area contributed by atoms with E-state index in [0.29, 0.717) is 6.04 Å². The number of benzene rings is 2. The largest absolute Gasteiger partial charge is 0.493 e. The van der Waals surface area contributed by atoms with Gasteiger partial charge in [0.05, 0.1) is 28.4 Å². The Hall–Kier alpha value is -2.40.